The Kier molecular flexibility index (Phi) is 5.44. The molecule has 0 radical (unpaired) electrons. The second-order valence-corrected chi connectivity index (χ2v) is 11.3. The van der Waals surface area contributed by atoms with Gasteiger partial charge in [0.25, 0.3) is 0 Å². The second kappa shape index (κ2) is 9.65. The summed E-state index contributed by atoms with van der Waals surface area (Å²) in [5.41, 5.74) is 11.5. The first-order valence-corrected chi connectivity index (χ1v) is 15.2. The van der Waals surface area contributed by atoms with E-state index >= 15 is 0 Å². The molecule has 0 N–H and O–H groups in total. The molecule has 6 aromatic carbocycles. The molecule has 0 atom stereocenters. The van der Waals surface area contributed by atoms with Crippen molar-refractivity contribution in [1.29, 1.82) is 0 Å². The van der Waals surface area contributed by atoms with Gasteiger partial charge in [-0.2, -0.15) is 0 Å². The number of rotatable bonds is 4. The van der Waals surface area contributed by atoms with E-state index in [-0.39, 0.29) is 0 Å². The Morgan fingerprint density at radius 3 is 1.93 bits per heavy atom. The Morgan fingerprint density at radius 1 is 0.591 bits per heavy atom. The topological polar surface area (TPSA) is 34.0 Å². The maximum Gasteiger partial charge on any atom is 0.114 e. The van der Waals surface area contributed by atoms with Gasteiger partial charge >= 0.3 is 0 Å². The van der Waals surface area contributed by atoms with Crippen molar-refractivity contribution in [3.05, 3.63) is 146 Å². The van der Waals surface area contributed by atoms with Gasteiger partial charge < -0.3 is 4.90 Å². The van der Waals surface area contributed by atoms with E-state index in [1.807, 2.05) is 18.5 Å². The van der Waals surface area contributed by atoms with Gasteiger partial charge in [-0.05, 0) is 69.1 Å². The largest absolute Gasteiger partial charge is 0.306 e. The Balaban J connectivity index is 1.46. The van der Waals surface area contributed by atoms with Crippen molar-refractivity contribution in [3.63, 3.8) is 0 Å². The minimum absolute atomic E-state index is 0.828. The molecule has 0 aliphatic carbocycles. The number of nitrogens with zero attached hydrogens (tertiary/aromatic N) is 4. The van der Waals surface area contributed by atoms with Gasteiger partial charge in [0, 0.05) is 35.6 Å². The lowest BCUT2D eigenvalue weighted by Crippen LogP contribution is -2.19. The molecule has 44 heavy (non-hydrogen) atoms. The van der Waals surface area contributed by atoms with Gasteiger partial charge in [0.2, 0.25) is 0 Å². The Bertz CT molecular complexity index is 2310. The zero-order chi connectivity index (χ0) is 29.2. The van der Waals surface area contributed by atoms with E-state index in [2.05, 4.69) is 143 Å². The molecule has 0 fully saturated rings. The number of anilines is 3. The van der Waals surface area contributed by atoms with E-state index in [1.54, 1.807) is 0 Å². The van der Waals surface area contributed by atoms with Crippen LogP contribution in [-0.2, 0) is 6.42 Å². The number of aryl methyl sites for hydroxylation is 1. The summed E-state index contributed by atoms with van der Waals surface area (Å²) in [6, 6.07) is 45.7. The van der Waals surface area contributed by atoms with Gasteiger partial charge in [0.05, 0.1) is 28.1 Å². The van der Waals surface area contributed by atoms with Crippen LogP contribution in [0.2, 0.25) is 0 Å². The maximum absolute atomic E-state index is 5.17. The van der Waals surface area contributed by atoms with Crippen molar-refractivity contribution < 1.29 is 0 Å². The highest BCUT2D eigenvalue weighted by Crippen LogP contribution is 2.52. The maximum atomic E-state index is 5.17. The van der Waals surface area contributed by atoms with Gasteiger partial charge in [-0.1, -0.05) is 97.9 Å². The molecule has 0 saturated carbocycles. The van der Waals surface area contributed by atoms with Gasteiger partial charge in [-0.3, -0.25) is 9.55 Å². The summed E-state index contributed by atoms with van der Waals surface area (Å²) in [6.45, 7) is 2.20. The van der Waals surface area contributed by atoms with Crippen LogP contribution in [0.5, 0.6) is 0 Å². The van der Waals surface area contributed by atoms with E-state index < -0.39 is 0 Å². The molecule has 9 rings (SSSR count). The lowest BCUT2D eigenvalue weighted by atomic mass is 9.85. The van der Waals surface area contributed by atoms with E-state index in [0.717, 1.165) is 45.9 Å². The number of pyridine rings is 1. The standard InChI is InChI=1S/C40H28N4/c1-2-36-42-33-21-11-23-35-40(33)44(36)39-32(20-10-22-34(39)43(35)27-14-4-3-5-15-27)38-30-18-8-6-16-28(30)37(26-13-12-24-41-25-26)29-17-7-9-19-31(29)38/h3-25H,2H2,1H3. The molecule has 0 saturated heterocycles. The predicted molar refractivity (Wildman–Crippen MR) is 182 cm³/mol. The molecule has 8 aromatic rings. The van der Waals surface area contributed by atoms with E-state index in [1.165, 1.54) is 43.9 Å². The van der Waals surface area contributed by atoms with E-state index in [4.69, 9.17) is 4.98 Å². The number of hydrogen-bond donors (Lipinski definition) is 0. The van der Waals surface area contributed by atoms with Crippen molar-refractivity contribution >= 4 is 49.6 Å². The third kappa shape index (κ3) is 3.45. The number of aromatic nitrogens is 3. The molecule has 2 aromatic heterocycles. The molecule has 4 heteroatoms. The third-order valence-electron chi connectivity index (χ3n) is 8.93. The predicted octanol–water partition coefficient (Wildman–Crippen LogP) is 10.4. The molecule has 0 spiro atoms. The van der Waals surface area contributed by atoms with Crippen molar-refractivity contribution in [1.82, 2.24) is 14.5 Å². The van der Waals surface area contributed by atoms with E-state index in [0.29, 0.717) is 0 Å². The average Bonchev–Trinajstić information content (AvgIpc) is 3.47. The highest BCUT2D eigenvalue weighted by Gasteiger charge is 2.31. The molecule has 3 heterocycles. The molecule has 0 bridgehead atoms. The molecule has 0 amide bonds. The first-order chi connectivity index (χ1) is 21.8. The van der Waals surface area contributed by atoms with Crippen LogP contribution < -0.4 is 4.90 Å². The average molecular weight is 565 g/mol. The first kappa shape index (κ1) is 24.8. The summed E-state index contributed by atoms with van der Waals surface area (Å²) in [5.74, 6) is 1.06. The monoisotopic (exact) mass is 564 g/mol. The molecular formula is C40H28N4. The van der Waals surface area contributed by atoms with Crippen molar-refractivity contribution in [2.24, 2.45) is 0 Å². The fourth-order valence-electron chi connectivity index (χ4n) is 7.19. The van der Waals surface area contributed by atoms with Crippen LogP contribution >= 0.6 is 0 Å². The summed E-state index contributed by atoms with van der Waals surface area (Å²) >= 11 is 0. The van der Waals surface area contributed by atoms with Crippen molar-refractivity contribution in [2.75, 3.05) is 4.90 Å². The Labute approximate surface area is 255 Å². The third-order valence-corrected chi connectivity index (χ3v) is 8.93. The molecule has 208 valence electrons. The zero-order valence-corrected chi connectivity index (χ0v) is 24.3. The van der Waals surface area contributed by atoms with Crippen LogP contribution in [0.25, 0.3) is 60.5 Å². The van der Waals surface area contributed by atoms with Crippen molar-refractivity contribution in [3.8, 4) is 27.9 Å². The summed E-state index contributed by atoms with van der Waals surface area (Å²) in [7, 11) is 0. The van der Waals surface area contributed by atoms with Crippen molar-refractivity contribution in [2.45, 2.75) is 13.3 Å². The molecule has 0 unspecified atom stereocenters. The number of para-hydroxylation sites is 3. The summed E-state index contributed by atoms with van der Waals surface area (Å²) in [5, 5.41) is 4.87. The lowest BCUT2D eigenvalue weighted by Gasteiger charge is -2.34. The van der Waals surface area contributed by atoms with Crippen LogP contribution in [-0.4, -0.2) is 14.5 Å². The fourth-order valence-corrected chi connectivity index (χ4v) is 7.19. The number of imidazole rings is 1. The quantitative estimate of drug-likeness (QED) is 0.199. The molecular weight excluding hydrogens is 536 g/mol. The SMILES string of the molecule is CCc1nc2cccc3c2n1-c1c(-c2c4ccccc4c(-c4cccnc4)c4ccccc24)cccc1N3c1ccccc1. The molecule has 1 aliphatic heterocycles. The highest BCUT2D eigenvalue weighted by atomic mass is 15.2. The van der Waals surface area contributed by atoms with Crippen LogP contribution in [0.3, 0.4) is 0 Å². The summed E-state index contributed by atoms with van der Waals surface area (Å²) < 4.78 is 2.42. The van der Waals surface area contributed by atoms with Gasteiger partial charge in [-0.15, -0.1) is 0 Å². The number of benzene rings is 6. The second-order valence-electron chi connectivity index (χ2n) is 11.3. The van der Waals surface area contributed by atoms with Crippen LogP contribution in [0.1, 0.15) is 12.7 Å². The fraction of sp³-hybridized carbons (Fsp3) is 0.0500. The first-order valence-electron chi connectivity index (χ1n) is 15.2. The summed E-state index contributed by atoms with van der Waals surface area (Å²) in [4.78, 5) is 12.1. The van der Waals surface area contributed by atoms with Gasteiger partial charge in [0.1, 0.15) is 5.82 Å². The van der Waals surface area contributed by atoms with Crippen LogP contribution in [0.15, 0.2) is 140 Å². The lowest BCUT2D eigenvalue weighted by molar-refractivity contribution is 0.902. The number of fused-ring (bicyclic) bond motifs is 4. The minimum Gasteiger partial charge on any atom is -0.306 e. The van der Waals surface area contributed by atoms with Crippen LogP contribution in [0.4, 0.5) is 17.1 Å². The Morgan fingerprint density at radius 2 is 1.25 bits per heavy atom. The number of hydrogen-bond acceptors (Lipinski definition) is 3. The summed E-state index contributed by atoms with van der Waals surface area (Å²) in [6.07, 6.45) is 4.64. The smallest absolute Gasteiger partial charge is 0.114 e. The highest BCUT2D eigenvalue weighted by molar-refractivity contribution is 6.22. The van der Waals surface area contributed by atoms with Gasteiger partial charge in [0.15, 0.2) is 0 Å². The van der Waals surface area contributed by atoms with E-state index in [9.17, 15) is 0 Å². The Hall–Kier alpha value is -5.74. The zero-order valence-electron chi connectivity index (χ0n) is 24.3. The van der Waals surface area contributed by atoms with Crippen LogP contribution in [0, 0.1) is 0 Å². The minimum atomic E-state index is 0.828. The normalized spacial score (nSPS) is 12.2. The van der Waals surface area contributed by atoms with Gasteiger partial charge in [-0.25, -0.2) is 4.98 Å². The molecule has 4 nitrogen and oxygen atoms in total. The molecule has 1 aliphatic rings.